The molecule has 1 aromatic rings. The van der Waals surface area contributed by atoms with E-state index in [4.69, 9.17) is 5.73 Å². The highest BCUT2D eigenvalue weighted by Crippen LogP contribution is 2.24. The Morgan fingerprint density at radius 1 is 1.41 bits per heavy atom. The number of hydrogen-bond acceptors (Lipinski definition) is 5. The van der Waals surface area contributed by atoms with E-state index >= 15 is 0 Å². The van der Waals surface area contributed by atoms with Crippen LogP contribution in [0.1, 0.15) is 6.92 Å². The Balaban J connectivity index is 2.10. The Kier molecular flexibility index (Phi) is 3.46. The van der Waals surface area contributed by atoms with E-state index in [-0.39, 0.29) is 11.9 Å². The van der Waals surface area contributed by atoms with Gasteiger partial charge in [0.2, 0.25) is 11.9 Å². The van der Waals surface area contributed by atoms with Gasteiger partial charge in [-0.25, -0.2) is 4.98 Å². The number of amides is 1. The highest BCUT2D eigenvalue weighted by atomic mass is 79.9. The van der Waals surface area contributed by atoms with Crippen LogP contribution < -0.4 is 10.6 Å². The Labute approximate surface area is 108 Å². The highest BCUT2D eigenvalue weighted by Gasteiger charge is 2.21. The maximum atomic E-state index is 11.2. The number of halogens is 1. The molecule has 0 atom stereocenters. The van der Waals surface area contributed by atoms with Crippen LogP contribution in [0, 0.1) is 0 Å². The number of nitrogens with zero attached hydrogens (tertiary/aromatic N) is 4. The molecule has 1 aliphatic rings. The van der Waals surface area contributed by atoms with Crippen LogP contribution in [-0.4, -0.2) is 47.0 Å². The quantitative estimate of drug-likeness (QED) is 0.817. The van der Waals surface area contributed by atoms with Gasteiger partial charge in [-0.2, -0.15) is 4.98 Å². The first kappa shape index (κ1) is 12.1. The molecule has 2 heterocycles. The van der Waals surface area contributed by atoms with Crippen molar-refractivity contribution < 1.29 is 4.79 Å². The summed E-state index contributed by atoms with van der Waals surface area (Å²) in [4.78, 5) is 23.3. The minimum absolute atomic E-state index is 0.117. The summed E-state index contributed by atoms with van der Waals surface area (Å²) in [6.07, 6.45) is 1.65. The van der Waals surface area contributed by atoms with Gasteiger partial charge in [-0.3, -0.25) is 4.79 Å². The van der Waals surface area contributed by atoms with Crippen molar-refractivity contribution in [1.29, 1.82) is 0 Å². The van der Waals surface area contributed by atoms with Gasteiger partial charge in [0.15, 0.2) is 0 Å². The van der Waals surface area contributed by atoms with Crippen LogP contribution in [0.15, 0.2) is 10.7 Å². The third-order valence-electron chi connectivity index (χ3n) is 2.77. The average molecular weight is 300 g/mol. The summed E-state index contributed by atoms with van der Waals surface area (Å²) in [5, 5.41) is 0. The fourth-order valence-electron chi connectivity index (χ4n) is 1.83. The number of carbonyl (C=O) groups excluding carboxylic acids is 1. The zero-order valence-corrected chi connectivity index (χ0v) is 11.1. The summed E-state index contributed by atoms with van der Waals surface area (Å²) in [6.45, 7) is 4.54. The van der Waals surface area contributed by atoms with E-state index in [0.29, 0.717) is 13.1 Å². The van der Waals surface area contributed by atoms with Crippen LogP contribution in [0.5, 0.6) is 0 Å². The molecule has 0 aromatic carbocycles. The zero-order valence-electron chi connectivity index (χ0n) is 9.56. The Morgan fingerprint density at radius 2 is 2.06 bits per heavy atom. The molecule has 1 fully saturated rings. The van der Waals surface area contributed by atoms with Gasteiger partial charge in [-0.15, -0.1) is 0 Å². The smallest absolute Gasteiger partial charge is 0.222 e. The molecule has 0 bridgehead atoms. The lowest BCUT2D eigenvalue weighted by molar-refractivity contribution is -0.129. The van der Waals surface area contributed by atoms with Crippen molar-refractivity contribution in [2.75, 3.05) is 36.8 Å². The van der Waals surface area contributed by atoms with E-state index in [1.54, 1.807) is 13.1 Å². The second kappa shape index (κ2) is 4.87. The van der Waals surface area contributed by atoms with Crippen LogP contribution in [0.3, 0.4) is 0 Å². The summed E-state index contributed by atoms with van der Waals surface area (Å²) < 4.78 is 0.822. The van der Waals surface area contributed by atoms with E-state index < -0.39 is 0 Å². The van der Waals surface area contributed by atoms with Crippen molar-refractivity contribution in [3.05, 3.63) is 10.7 Å². The maximum absolute atomic E-state index is 11.2. The summed E-state index contributed by atoms with van der Waals surface area (Å²) in [5.41, 5.74) is 5.58. The van der Waals surface area contributed by atoms with Crippen LogP contribution in [-0.2, 0) is 4.79 Å². The molecule has 0 spiro atoms. The normalized spacial score (nSPS) is 16.1. The fourth-order valence-corrected chi connectivity index (χ4v) is 2.27. The summed E-state index contributed by atoms with van der Waals surface area (Å²) in [7, 11) is 0. The SMILES string of the molecule is CC(=O)N1CCN(c2nc(N)ncc2Br)CC1. The lowest BCUT2D eigenvalue weighted by atomic mass is 10.3. The summed E-state index contributed by atoms with van der Waals surface area (Å²) in [6, 6.07) is 0. The van der Waals surface area contributed by atoms with Crippen molar-refractivity contribution >= 4 is 33.6 Å². The standard InChI is InChI=1S/C10H14BrN5O/c1-7(17)15-2-4-16(5-3-15)9-8(11)6-13-10(12)14-9/h6H,2-5H2,1H3,(H2,12,13,14). The zero-order chi connectivity index (χ0) is 12.4. The second-order valence-electron chi connectivity index (χ2n) is 3.89. The van der Waals surface area contributed by atoms with Gasteiger partial charge >= 0.3 is 0 Å². The molecule has 92 valence electrons. The molecule has 2 N–H and O–H groups in total. The fraction of sp³-hybridized carbons (Fsp3) is 0.500. The number of piperazine rings is 1. The number of rotatable bonds is 1. The van der Waals surface area contributed by atoms with Gasteiger partial charge in [0.1, 0.15) is 5.82 Å². The number of anilines is 2. The molecule has 0 radical (unpaired) electrons. The van der Waals surface area contributed by atoms with Gasteiger partial charge in [0.05, 0.1) is 4.47 Å². The molecule has 1 saturated heterocycles. The van der Waals surface area contributed by atoms with Gasteiger partial charge in [0, 0.05) is 39.3 Å². The van der Waals surface area contributed by atoms with Gasteiger partial charge < -0.3 is 15.5 Å². The first-order valence-corrected chi connectivity index (χ1v) is 6.15. The lowest BCUT2D eigenvalue weighted by Gasteiger charge is -2.35. The van der Waals surface area contributed by atoms with Crippen molar-refractivity contribution in [3.63, 3.8) is 0 Å². The molecule has 1 aliphatic heterocycles. The molecule has 7 heteroatoms. The number of nitrogen functional groups attached to an aromatic ring is 1. The molecule has 6 nitrogen and oxygen atoms in total. The monoisotopic (exact) mass is 299 g/mol. The summed E-state index contributed by atoms with van der Waals surface area (Å²) in [5.74, 6) is 1.17. The summed E-state index contributed by atoms with van der Waals surface area (Å²) >= 11 is 3.41. The molecular formula is C10H14BrN5O. The van der Waals surface area contributed by atoms with Crippen LogP contribution >= 0.6 is 15.9 Å². The number of carbonyl (C=O) groups is 1. The largest absolute Gasteiger partial charge is 0.368 e. The third kappa shape index (κ3) is 2.66. The number of nitrogens with two attached hydrogens (primary N) is 1. The minimum Gasteiger partial charge on any atom is -0.368 e. The van der Waals surface area contributed by atoms with Gasteiger partial charge in [-0.05, 0) is 15.9 Å². The van der Waals surface area contributed by atoms with E-state index in [2.05, 4.69) is 30.8 Å². The van der Waals surface area contributed by atoms with Crippen molar-refractivity contribution in [1.82, 2.24) is 14.9 Å². The van der Waals surface area contributed by atoms with Crippen molar-refractivity contribution in [3.8, 4) is 0 Å². The Bertz CT molecular complexity index is 431. The van der Waals surface area contributed by atoms with E-state index in [1.165, 1.54) is 0 Å². The van der Waals surface area contributed by atoms with Crippen molar-refractivity contribution in [2.45, 2.75) is 6.92 Å². The average Bonchev–Trinajstić information content (AvgIpc) is 2.32. The third-order valence-corrected chi connectivity index (χ3v) is 3.33. The Morgan fingerprint density at radius 3 is 2.65 bits per heavy atom. The minimum atomic E-state index is 0.117. The van der Waals surface area contributed by atoms with Gasteiger partial charge in [-0.1, -0.05) is 0 Å². The number of aromatic nitrogens is 2. The predicted molar refractivity (Wildman–Crippen MR) is 68.6 cm³/mol. The van der Waals surface area contributed by atoms with E-state index in [1.807, 2.05) is 4.90 Å². The molecule has 1 aromatic heterocycles. The molecule has 0 aliphatic carbocycles. The van der Waals surface area contributed by atoms with E-state index in [9.17, 15) is 4.79 Å². The lowest BCUT2D eigenvalue weighted by Crippen LogP contribution is -2.48. The predicted octanol–water partition coefficient (Wildman–Crippen LogP) is 0.490. The molecule has 2 rings (SSSR count). The topological polar surface area (TPSA) is 75.4 Å². The highest BCUT2D eigenvalue weighted by molar-refractivity contribution is 9.10. The number of hydrogen-bond donors (Lipinski definition) is 1. The van der Waals surface area contributed by atoms with Crippen molar-refractivity contribution in [2.24, 2.45) is 0 Å². The van der Waals surface area contributed by atoms with Gasteiger partial charge in [0.25, 0.3) is 0 Å². The first-order valence-electron chi connectivity index (χ1n) is 5.36. The Hall–Kier alpha value is -1.37. The second-order valence-corrected chi connectivity index (χ2v) is 4.75. The molecule has 0 unspecified atom stereocenters. The van der Waals surface area contributed by atoms with Crippen LogP contribution in [0.4, 0.5) is 11.8 Å². The van der Waals surface area contributed by atoms with Crippen LogP contribution in [0.25, 0.3) is 0 Å². The molecule has 1 amide bonds. The molecular weight excluding hydrogens is 286 g/mol. The maximum Gasteiger partial charge on any atom is 0.222 e. The van der Waals surface area contributed by atoms with Crippen LogP contribution in [0.2, 0.25) is 0 Å². The van der Waals surface area contributed by atoms with E-state index in [0.717, 1.165) is 23.4 Å². The first-order chi connectivity index (χ1) is 8.08. The molecule has 0 saturated carbocycles. The molecule has 17 heavy (non-hydrogen) atoms.